The highest BCUT2D eigenvalue weighted by molar-refractivity contribution is 7.19. The zero-order valence-corrected chi connectivity index (χ0v) is 7.71. The van der Waals surface area contributed by atoms with Crippen molar-refractivity contribution in [1.82, 2.24) is 0 Å². The second-order valence-corrected chi connectivity index (χ2v) is 3.86. The van der Waals surface area contributed by atoms with Crippen LogP contribution in [0.4, 0.5) is 5.00 Å². The molecular weight excluding hydrogens is 182 g/mol. The van der Waals surface area contributed by atoms with Gasteiger partial charge < -0.3 is 10.8 Å². The quantitative estimate of drug-likeness (QED) is 0.728. The normalized spacial score (nSPS) is 10.2. The summed E-state index contributed by atoms with van der Waals surface area (Å²) in [6, 6.07) is 11.0. The number of aromatic hydroxyl groups is 1. The average Bonchev–Trinajstić information content (AvgIpc) is 2.53. The Balaban J connectivity index is 2.41. The Labute approximate surface area is 80.3 Å². The van der Waals surface area contributed by atoms with Crippen LogP contribution in [0.25, 0.3) is 10.4 Å². The molecule has 0 aliphatic rings. The lowest BCUT2D eigenvalue weighted by molar-refractivity contribution is 0.475. The summed E-state index contributed by atoms with van der Waals surface area (Å²) in [6.45, 7) is 0. The van der Waals surface area contributed by atoms with Crippen LogP contribution in [0.2, 0.25) is 0 Å². The molecule has 0 unspecified atom stereocenters. The van der Waals surface area contributed by atoms with E-state index in [9.17, 15) is 0 Å². The molecule has 1 heterocycles. The smallest absolute Gasteiger partial charge is 0.115 e. The summed E-state index contributed by atoms with van der Waals surface area (Å²) in [5.41, 5.74) is 6.70. The third-order valence-electron chi connectivity index (χ3n) is 1.78. The van der Waals surface area contributed by atoms with Gasteiger partial charge in [0, 0.05) is 4.88 Å². The highest BCUT2D eigenvalue weighted by Gasteiger charge is 1.99. The molecule has 0 aliphatic heterocycles. The Kier molecular flexibility index (Phi) is 1.94. The molecule has 3 N–H and O–H groups in total. The maximum Gasteiger partial charge on any atom is 0.115 e. The van der Waals surface area contributed by atoms with E-state index < -0.39 is 0 Å². The van der Waals surface area contributed by atoms with E-state index >= 15 is 0 Å². The first kappa shape index (κ1) is 8.13. The molecule has 0 aliphatic carbocycles. The highest BCUT2D eigenvalue weighted by atomic mass is 32.1. The Morgan fingerprint density at radius 1 is 1.00 bits per heavy atom. The molecular formula is C10H9NOS. The molecule has 0 amide bonds. The first-order chi connectivity index (χ1) is 6.25. The summed E-state index contributed by atoms with van der Waals surface area (Å²) in [7, 11) is 0. The van der Waals surface area contributed by atoms with E-state index in [1.165, 1.54) is 0 Å². The van der Waals surface area contributed by atoms with E-state index in [0.717, 1.165) is 15.4 Å². The van der Waals surface area contributed by atoms with Crippen molar-refractivity contribution in [1.29, 1.82) is 0 Å². The minimum absolute atomic E-state index is 0.285. The Morgan fingerprint density at radius 3 is 2.23 bits per heavy atom. The van der Waals surface area contributed by atoms with Gasteiger partial charge in [0.25, 0.3) is 0 Å². The first-order valence-corrected chi connectivity index (χ1v) is 4.72. The lowest BCUT2D eigenvalue weighted by atomic mass is 10.2. The molecule has 2 nitrogen and oxygen atoms in total. The van der Waals surface area contributed by atoms with Gasteiger partial charge in [-0.15, -0.1) is 11.3 Å². The molecule has 0 saturated heterocycles. The Bertz CT molecular complexity index is 405. The minimum Gasteiger partial charge on any atom is -0.508 e. The molecule has 13 heavy (non-hydrogen) atoms. The van der Waals surface area contributed by atoms with Crippen LogP contribution in [0.5, 0.6) is 5.75 Å². The molecule has 0 saturated carbocycles. The van der Waals surface area contributed by atoms with Gasteiger partial charge in [-0.3, -0.25) is 0 Å². The topological polar surface area (TPSA) is 46.2 Å². The number of hydrogen-bond acceptors (Lipinski definition) is 3. The second-order valence-electron chi connectivity index (χ2n) is 2.75. The van der Waals surface area contributed by atoms with E-state index in [1.54, 1.807) is 23.5 Å². The molecule has 66 valence electrons. The van der Waals surface area contributed by atoms with E-state index in [-0.39, 0.29) is 5.75 Å². The van der Waals surface area contributed by atoms with Crippen molar-refractivity contribution in [2.75, 3.05) is 5.73 Å². The molecule has 0 bridgehead atoms. The van der Waals surface area contributed by atoms with Gasteiger partial charge in [0.1, 0.15) is 5.75 Å². The second kappa shape index (κ2) is 3.11. The zero-order chi connectivity index (χ0) is 9.26. The van der Waals surface area contributed by atoms with Gasteiger partial charge in [-0.25, -0.2) is 0 Å². The average molecular weight is 191 g/mol. The number of benzene rings is 1. The lowest BCUT2D eigenvalue weighted by Gasteiger charge is -1.96. The van der Waals surface area contributed by atoms with E-state index in [1.807, 2.05) is 24.3 Å². The van der Waals surface area contributed by atoms with Crippen LogP contribution in [-0.4, -0.2) is 5.11 Å². The van der Waals surface area contributed by atoms with E-state index in [2.05, 4.69) is 0 Å². The summed E-state index contributed by atoms with van der Waals surface area (Å²) in [4.78, 5) is 1.12. The first-order valence-electron chi connectivity index (χ1n) is 3.90. The van der Waals surface area contributed by atoms with Crippen LogP contribution in [0.1, 0.15) is 0 Å². The highest BCUT2D eigenvalue weighted by Crippen LogP contribution is 2.30. The van der Waals surface area contributed by atoms with E-state index in [4.69, 9.17) is 10.8 Å². The van der Waals surface area contributed by atoms with Gasteiger partial charge in [0.2, 0.25) is 0 Å². The van der Waals surface area contributed by atoms with Gasteiger partial charge in [0.15, 0.2) is 0 Å². The predicted octanol–water partition coefficient (Wildman–Crippen LogP) is 2.70. The fourth-order valence-electron chi connectivity index (χ4n) is 1.13. The maximum atomic E-state index is 9.09. The van der Waals surface area contributed by atoms with Gasteiger partial charge in [-0.1, -0.05) is 0 Å². The maximum absolute atomic E-state index is 9.09. The lowest BCUT2D eigenvalue weighted by Crippen LogP contribution is -1.73. The van der Waals surface area contributed by atoms with Crippen molar-refractivity contribution < 1.29 is 5.11 Å². The van der Waals surface area contributed by atoms with Crippen LogP contribution >= 0.6 is 11.3 Å². The monoisotopic (exact) mass is 191 g/mol. The summed E-state index contributed by atoms with van der Waals surface area (Å²) >= 11 is 1.54. The van der Waals surface area contributed by atoms with Crippen LogP contribution in [0, 0.1) is 0 Å². The van der Waals surface area contributed by atoms with Crippen LogP contribution < -0.4 is 5.73 Å². The molecule has 3 heteroatoms. The number of rotatable bonds is 1. The van der Waals surface area contributed by atoms with Crippen molar-refractivity contribution in [2.45, 2.75) is 0 Å². The summed E-state index contributed by atoms with van der Waals surface area (Å²) in [5, 5.41) is 9.90. The molecule has 0 atom stereocenters. The number of nitrogen functional groups attached to an aromatic ring is 1. The molecule has 0 fully saturated rings. The summed E-state index contributed by atoms with van der Waals surface area (Å²) < 4.78 is 0. The molecule has 1 aromatic heterocycles. The van der Waals surface area contributed by atoms with Crippen LogP contribution in [0.15, 0.2) is 36.4 Å². The van der Waals surface area contributed by atoms with Crippen molar-refractivity contribution >= 4 is 16.3 Å². The van der Waals surface area contributed by atoms with Gasteiger partial charge in [-0.05, 0) is 42.0 Å². The van der Waals surface area contributed by atoms with Crippen molar-refractivity contribution in [3.8, 4) is 16.2 Å². The van der Waals surface area contributed by atoms with Crippen molar-refractivity contribution in [3.05, 3.63) is 36.4 Å². The van der Waals surface area contributed by atoms with Crippen molar-refractivity contribution in [2.24, 2.45) is 0 Å². The third kappa shape index (κ3) is 1.65. The molecule has 0 radical (unpaired) electrons. The fraction of sp³-hybridized carbons (Fsp3) is 0. The number of hydrogen-bond donors (Lipinski definition) is 2. The summed E-state index contributed by atoms with van der Waals surface area (Å²) in [6.07, 6.45) is 0. The number of nitrogens with two attached hydrogens (primary N) is 1. The standard InChI is InChI=1S/C10H9NOS/c11-10-6-5-9(13-10)7-1-3-8(12)4-2-7/h1-6,12H,11H2. The van der Waals surface area contributed by atoms with Crippen LogP contribution in [-0.2, 0) is 0 Å². The fourth-order valence-corrected chi connectivity index (χ4v) is 1.91. The van der Waals surface area contributed by atoms with Gasteiger partial charge in [0.05, 0.1) is 5.00 Å². The summed E-state index contributed by atoms with van der Waals surface area (Å²) in [5.74, 6) is 0.285. The van der Waals surface area contributed by atoms with E-state index in [0.29, 0.717) is 0 Å². The SMILES string of the molecule is Nc1ccc(-c2ccc(O)cc2)s1. The Morgan fingerprint density at radius 2 is 1.69 bits per heavy atom. The third-order valence-corrected chi connectivity index (χ3v) is 2.74. The zero-order valence-electron chi connectivity index (χ0n) is 6.90. The van der Waals surface area contributed by atoms with Gasteiger partial charge >= 0.3 is 0 Å². The molecule has 1 aromatic carbocycles. The minimum atomic E-state index is 0.285. The molecule has 2 rings (SSSR count). The van der Waals surface area contributed by atoms with Crippen molar-refractivity contribution in [3.63, 3.8) is 0 Å². The predicted molar refractivity (Wildman–Crippen MR) is 55.8 cm³/mol. The Hall–Kier alpha value is -1.48. The molecule has 2 aromatic rings. The number of phenolic OH excluding ortho intramolecular Hbond substituents is 1. The van der Waals surface area contributed by atoms with Crippen LogP contribution in [0.3, 0.4) is 0 Å². The number of anilines is 1. The number of thiophene rings is 1. The number of phenols is 1. The molecule has 0 spiro atoms. The van der Waals surface area contributed by atoms with Gasteiger partial charge in [-0.2, -0.15) is 0 Å². The largest absolute Gasteiger partial charge is 0.508 e.